The van der Waals surface area contributed by atoms with E-state index in [1.807, 2.05) is 0 Å². The first-order valence-electron chi connectivity index (χ1n) is 7.70. The number of anilines is 1. The van der Waals surface area contributed by atoms with E-state index in [0.717, 1.165) is 16.8 Å². The van der Waals surface area contributed by atoms with Gasteiger partial charge in [-0.3, -0.25) is 9.36 Å². The molecule has 3 aromatic rings. The van der Waals surface area contributed by atoms with Crippen LogP contribution >= 0.6 is 11.8 Å². The topological polar surface area (TPSA) is 88.4 Å². The van der Waals surface area contributed by atoms with Crippen LogP contribution in [0, 0.1) is 0 Å². The molecule has 0 aliphatic heterocycles. The number of amides is 1. The Hall–Kier alpha value is -3.27. The minimum atomic E-state index is -4.48. The number of nitrogens with one attached hydrogen (secondary N) is 1. The van der Waals surface area contributed by atoms with Gasteiger partial charge in [0.15, 0.2) is 0 Å². The molecule has 28 heavy (non-hydrogen) atoms. The van der Waals surface area contributed by atoms with E-state index in [0.29, 0.717) is 0 Å². The van der Waals surface area contributed by atoms with Crippen molar-refractivity contribution in [3.05, 3.63) is 70.5 Å². The number of thioether (sulfide) groups is 1. The molecule has 0 fully saturated rings. The molecule has 0 spiro atoms. The fourth-order valence-electron chi connectivity index (χ4n) is 2.55. The van der Waals surface area contributed by atoms with Crippen LogP contribution in [-0.4, -0.2) is 27.2 Å². The number of carbonyl (C=O) groups excluding carboxylic acids is 1. The molecule has 0 aliphatic rings. The second-order valence-corrected chi connectivity index (χ2v) is 6.71. The molecule has 2 N–H and O–H groups in total. The SMILES string of the molecule is O=C(O)c1cn(C(=O)Nc2cccc(SC(F)(F)F)c2)c2ccccc2c1=O. The Balaban J connectivity index is 2.01. The van der Waals surface area contributed by atoms with Crippen molar-refractivity contribution in [2.45, 2.75) is 10.4 Å². The molecule has 0 unspecified atom stereocenters. The number of carbonyl (C=O) groups is 2. The number of benzene rings is 2. The van der Waals surface area contributed by atoms with Crippen LogP contribution < -0.4 is 10.7 Å². The molecule has 6 nitrogen and oxygen atoms in total. The van der Waals surface area contributed by atoms with Crippen molar-refractivity contribution in [2.24, 2.45) is 0 Å². The molecule has 3 rings (SSSR count). The molecular weight excluding hydrogens is 397 g/mol. The molecule has 0 aliphatic carbocycles. The maximum Gasteiger partial charge on any atom is 0.446 e. The summed E-state index contributed by atoms with van der Waals surface area (Å²) in [6.45, 7) is 0. The van der Waals surface area contributed by atoms with Gasteiger partial charge in [0.1, 0.15) is 5.56 Å². The van der Waals surface area contributed by atoms with Crippen LogP contribution in [0.25, 0.3) is 10.9 Å². The monoisotopic (exact) mass is 408 g/mol. The third-order valence-corrected chi connectivity index (χ3v) is 4.40. The van der Waals surface area contributed by atoms with Crippen LogP contribution in [0.5, 0.6) is 0 Å². The zero-order valence-corrected chi connectivity index (χ0v) is 14.7. The lowest BCUT2D eigenvalue weighted by molar-refractivity contribution is -0.0328. The Labute approximate surface area is 159 Å². The summed E-state index contributed by atoms with van der Waals surface area (Å²) in [5.74, 6) is -1.50. The highest BCUT2D eigenvalue weighted by Gasteiger charge is 2.29. The average Bonchev–Trinajstić information content (AvgIpc) is 2.60. The molecule has 10 heteroatoms. The zero-order valence-electron chi connectivity index (χ0n) is 13.9. The van der Waals surface area contributed by atoms with Crippen molar-refractivity contribution >= 4 is 40.4 Å². The first-order chi connectivity index (χ1) is 13.2. The molecule has 0 radical (unpaired) electrons. The zero-order chi connectivity index (χ0) is 20.5. The summed E-state index contributed by atoms with van der Waals surface area (Å²) in [5.41, 5.74) is -5.57. The molecule has 1 heterocycles. The van der Waals surface area contributed by atoms with E-state index in [2.05, 4.69) is 5.32 Å². The van der Waals surface area contributed by atoms with Gasteiger partial charge in [-0.2, -0.15) is 13.2 Å². The molecule has 0 saturated heterocycles. The van der Waals surface area contributed by atoms with Crippen LogP contribution in [0.1, 0.15) is 10.4 Å². The Kier molecular flexibility index (Phi) is 5.14. The Bertz CT molecular complexity index is 1140. The number of rotatable bonds is 3. The minimum Gasteiger partial charge on any atom is -0.477 e. The van der Waals surface area contributed by atoms with Crippen molar-refractivity contribution in [2.75, 3.05) is 5.32 Å². The second kappa shape index (κ2) is 7.39. The predicted octanol–water partition coefficient (Wildman–Crippen LogP) is 4.39. The van der Waals surface area contributed by atoms with E-state index >= 15 is 0 Å². The molecule has 1 amide bonds. The van der Waals surface area contributed by atoms with Gasteiger partial charge in [-0.1, -0.05) is 18.2 Å². The van der Waals surface area contributed by atoms with Gasteiger partial charge in [0.2, 0.25) is 5.43 Å². The number of carboxylic acid groups (broad SMARTS) is 1. The summed E-state index contributed by atoms with van der Waals surface area (Å²) >= 11 is -0.328. The first kappa shape index (κ1) is 19.5. The van der Waals surface area contributed by atoms with Crippen LogP contribution in [0.4, 0.5) is 23.7 Å². The lowest BCUT2D eigenvalue weighted by Crippen LogP contribution is -2.25. The molecule has 2 aromatic carbocycles. The summed E-state index contributed by atoms with van der Waals surface area (Å²) in [6, 6.07) is 10.2. The number of alkyl halides is 3. The lowest BCUT2D eigenvalue weighted by atomic mass is 10.1. The maximum absolute atomic E-state index is 12.6. The third-order valence-electron chi connectivity index (χ3n) is 3.68. The number of hydrogen-bond acceptors (Lipinski definition) is 4. The van der Waals surface area contributed by atoms with Gasteiger partial charge in [0.05, 0.1) is 5.52 Å². The van der Waals surface area contributed by atoms with Gasteiger partial charge < -0.3 is 10.4 Å². The number of aromatic nitrogens is 1. The number of pyridine rings is 1. The fraction of sp³-hybridized carbons (Fsp3) is 0.0556. The summed E-state index contributed by atoms with van der Waals surface area (Å²) in [7, 11) is 0. The Morgan fingerprint density at radius 1 is 1.07 bits per heavy atom. The highest BCUT2D eigenvalue weighted by atomic mass is 32.2. The number of carboxylic acids is 1. The fourth-order valence-corrected chi connectivity index (χ4v) is 3.15. The maximum atomic E-state index is 12.6. The minimum absolute atomic E-state index is 0.0268. The summed E-state index contributed by atoms with van der Waals surface area (Å²) in [6.07, 6.45) is 0.886. The molecule has 0 atom stereocenters. The van der Waals surface area contributed by atoms with E-state index < -0.39 is 28.5 Å². The van der Waals surface area contributed by atoms with Crippen LogP contribution in [0.15, 0.2) is 64.4 Å². The number of nitrogens with zero attached hydrogens (tertiary/aromatic N) is 1. The molecule has 1 aromatic heterocycles. The third kappa shape index (κ3) is 4.17. The van der Waals surface area contributed by atoms with E-state index in [4.69, 9.17) is 0 Å². The number of aromatic carboxylic acids is 1. The van der Waals surface area contributed by atoms with Crippen LogP contribution in [0.2, 0.25) is 0 Å². The quantitative estimate of drug-likeness (QED) is 0.628. The van der Waals surface area contributed by atoms with Gasteiger partial charge in [-0.15, -0.1) is 0 Å². The number of para-hydroxylation sites is 1. The van der Waals surface area contributed by atoms with Gasteiger partial charge in [0.25, 0.3) is 0 Å². The normalized spacial score (nSPS) is 11.4. The molecular formula is C18H11F3N2O4S. The van der Waals surface area contributed by atoms with Crippen molar-refractivity contribution in [1.82, 2.24) is 4.57 Å². The summed E-state index contributed by atoms with van der Waals surface area (Å²) in [5, 5.41) is 11.6. The largest absolute Gasteiger partial charge is 0.477 e. The number of hydrogen-bond donors (Lipinski definition) is 2. The van der Waals surface area contributed by atoms with Gasteiger partial charge in [0, 0.05) is 22.2 Å². The van der Waals surface area contributed by atoms with Crippen molar-refractivity contribution in [3.63, 3.8) is 0 Å². The first-order valence-corrected chi connectivity index (χ1v) is 8.52. The molecule has 0 saturated carbocycles. The number of halogens is 3. The van der Waals surface area contributed by atoms with E-state index in [9.17, 15) is 32.7 Å². The van der Waals surface area contributed by atoms with E-state index in [1.165, 1.54) is 36.4 Å². The van der Waals surface area contributed by atoms with Crippen molar-refractivity contribution < 1.29 is 27.9 Å². The lowest BCUT2D eigenvalue weighted by Gasteiger charge is -2.13. The van der Waals surface area contributed by atoms with Crippen LogP contribution in [0.3, 0.4) is 0 Å². The highest BCUT2D eigenvalue weighted by Crippen LogP contribution is 2.37. The van der Waals surface area contributed by atoms with Crippen LogP contribution in [-0.2, 0) is 0 Å². The average molecular weight is 408 g/mol. The molecule has 0 bridgehead atoms. The van der Waals surface area contributed by atoms with Gasteiger partial charge in [-0.25, -0.2) is 9.59 Å². The summed E-state index contributed by atoms with van der Waals surface area (Å²) in [4.78, 5) is 36.1. The van der Waals surface area contributed by atoms with Crippen molar-refractivity contribution in [1.29, 1.82) is 0 Å². The van der Waals surface area contributed by atoms with E-state index in [1.54, 1.807) is 6.07 Å². The highest BCUT2D eigenvalue weighted by molar-refractivity contribution is 8.00. The second-order valence-electron chi connectivity index (χ2n) is 5.57. The Morgan fingerprint density at radius 3 is 2.46 bits per heavy atom. The standard InChI is InChI=1S/C18H11F3N2O4S/c19-18(20,21)28-11-5-3-4-10(8-11)22-17(27)23-9-13(16(25)26)15(24)12-6-1-2-7-14(12)23/h1-9H,(H,22,27)(H,25,26). The van der Waals surface area contributed by atoms with Crippen molar-refractivity contribution in [3.8, 4) is 0 Å². The predicted molar refractivity (Wildman–Crippen MR) is 97.9 cm³/mol. The van der Waals surface area contributed by atoms with Gasteiger partial charge >= 0.3 is 17.5 Å². The Morgan fingerprint density at radius 2 is 1.79 bits per heavy atom. The smallest absolute Gasteiger partial charge is 0.446 e. The van der Waals surface area contributed by atoms with E-state index in [-0.39, 0.29) is 33.2 Å². The summed E-state index contributed by atoms with van der Waals surface area (Å²) < 4.78 is 38.5. The number of fused-ring (bicyclic) bond motifs is 1. The molecule has 144 valence electrons. The van der Waals surface area contributed by atoms with Gasteiger partial charge in [-0.05, 0) is 42.1 Å².